The van der Waals surface area contributed by atoms with Crippen LogP contribution in [0.25, 0.3) is 0 Å². The molecule has 2 N–H and O–H groups in total. The van der Waals surface area contributed by atoms with Crippen molar-refractivity contribution < 1.29 is 19.1 Å². The summed E-state index contributed by atoms with van der Waals surface area (Å²) >= 11 is 5.08. The van der Waals surface area contributed by atoms with E-state index in [2.05, 4.69) is 28.7 Å². The number of thiol groups is 1. The van der Waals surface area contributed by atoms with Gasteiger partial charge in [0.15, 0.2) is 0 Å². The molecule has 0 spiro atoms. The van der Waals surface area contributed by atoms with Crippen LogP contribution in [0.4, 0.5) is 0 Å². The highest BCUT2D eigenvalue weighted by atomic mass is 32.2. The zero-order valence-corrected chi connectivity index (χ0v) is 13.1. The van der Waals surface area contributed by atoms with Gasteiger partial charge in [-0.05, 0) is 6.42 Å². The molecule has 0 saturated carbocycles. The second-order valence-corrected chi connectivity index (χ2v) is 4.43. The van der Waals surface area contributed by atoms with Crippen molar-refractivity contribution in [1.82, 2.24) is 0 Å². The Morgan fingerprint density at radius 1 is 1.55 bits per heavy atom. The van der Waals surface area contributed by atoms with Gasteiger partial charge in [-0.25, -0.2) is 4.79 Å². The molecule has 0 radical (unpaired) electrons. The van der Waals surface area contributed by atoms with Crippen LogP contribution in [0.5, 0.6) is 0 Å². The monoisotopic (exact) mass is 318 g/mol. The maximum absolute atomic E-state index is 10.8. The van der Waals surface area contributed by atoms with E-state index in [1.54, 1.807) is 6.07 Å². The minimum atomic E-state index is -0.306. The number of nitriles is 1. The average molecular weight is 318 g/mol. The Balaban J connectivity index is 0. The van der Waals surface area contributed by atoms with Crippen molar-refractivity contribution in [1.29, 1.82) is 5.26 Å². The van der Waals surface area contributed by atoms with Gasteiger partial charge in [-0.15, -0.1) is 11.8 Å². The van der Waals surface area contributed by atoms with Gasteiger partial charge in [-0.3, -0.25) is 4.79 Å². The number of hydrogen-bond donors (Lipinski definition) is 2. The van der Waals surface area contributed by atoms with Crippen LogP contribution in [0.1, 0.15) is 6.42 Å². The topological polar surface area (TPSA) is 102 Å². The van der Waals surface area contributed by atoms with Gasteiger partial charge in [-0.1, -0.05) is 6.58 Å². The molecule has 6 nitrogen and oxygen atoms in total. The fraction of sp³-hybridized carbons (Fsp3) is 0.417. The maximum Gasteiger partial charge on any atom is 0.346 e. The van der Waals surface area contributed by atoms with Crippen LogP contribution in [-0.2, 0) is 19.1 Å². The van der Waals surface area contributed by atoms with Gasteiger partial charge >= 0.3 is 11.9 Å². The molecule has 1 aliphatic rings. The molecule has 0 aromatic carbocycles. The van der Waals surface area contributed by atoms with Crippen molar-refractivity contribution in [2.75, 3.05) is 25.7 Å². The predicted molar refractivity (Wildman–Crippen MR) is 82.0 cm³/mol. The number of allylic oxidation sites excluding steroid dienone is 2. The molecule has 20 heavy (non-hydrogen) atoms. The number of hydrogen-bond acceptors (Lipinski definition) is 8. The molecule has 0 saturated heterocycles. The molecule has 1 aliphatic heterocycles. The Morgan fingerprint density at radius 3 is 2.30 bits per heavy atom. The summed E-state index contributed by atoms with van der Waals surface area (Å²) in [5.41, 5.74) is 6.18. The number of carbonyl (C=O) groups is 2. The number of ether oxygens (including phenoxy) is 2. The van der Waals surface area contributed by atoms with Gasteiger partial charge in [-0.2, -0.15) is 17.9 Å². The molecule has 0 atom stereocenters. The van der Waals surface area contributed by atoms with E-state index < -0.39 is 0 Å². The number of nitrogens with zero attached hydrogens (tertiary/aromatic N) is 1. The summed E-state index contributed by atoms with van der Waals surface area (Å²) in [6.07, 6.45) is 1.98. The Bertz CT molecular complexity index is 397. The third kappa shape index (κ3) is 10.3. The molecule has 8 heteroatoms. The summed E-state index contributed by atoms with van der Waals surface area (Å²) in [5, 5.41) is 7.51. The van der Waals surface area contributed by atoms with E-state index in [-0.39, 0.29) is 17.7 Å². The van der Waals surface area contributed by atoms with Crippen molar-refractivity contribution in [2.45, 2.75) is 6.42 Å². The average Bonchev–Trinajstić information content (AvgIpc) is 2.92. The molecule has 0 bridgehead atoms. The summed E-state index contributed by atoms with van der Waals surface area (Å²) < 4.78 is 8.69. The highest BCUT2D eigenvalue weighted by Crippen LogP contribution is 2.28. The van der Waals surface area contributed by atoms with Gasteiger partial charge in [0.2, 0.25) is 0 Å². The number of rotatable bonds is 2. The quantitative estimate of drug-likeness (QED) is 0.449. The van der Waals surface area contributed by atoms with Gasteiger partial charge in [0.25, 0.3) is 0 Å². The van der Waals surface area contributed by atoms with Gasteiger partial charge in [0.05, 0.1) is 26.0 Å². The van der Waals surface area contributed by atoms with Crippen LogP contribution in [0.3, 0.4) is 0 Å². The molecule has 0 amide bonds. The second-order valence-electron chi connectivity index (χ2n) is 3.01. The number of methoxy groups -OCH3 is 2. The first-order valence-corrected chi connectivity index (χ1v) is 6.98. The van der Waals surface area contributed by atoms with E-state index >= 15 is 0 Å². The smallest absolute Gasteiger partial charge is 0.346 e. The van der Waals surface area contributed by atoms with Gasteiger partial charge < -0.3 is 15.2 Å². The highest BCUT2D eigenvalue weighted by molar-refractivity contribution is 8.04. The lowest BCUT2D eigenvalue weighted by Gasteiger charge is -1.97. The number of nitrogens with two attached hydrogens (primary N) is 1. The summed E-state index contributed by atoms with van der Waals surface area (Å²) in [6, 6.07) is 1.69. The van der Waals surface area contributed by atoms with Gasteiger partial charge in [0, 0.05) is 17.5 Å². The fourth-order valence-electron chi connectivity index (χ4n) is 0.817. The van der Waals surface area contributed by atoms with Crippen molar-refractivity contribution in [2.24, 2.45) is 5.73 Å². The van der Waals surface area contributed by atoms with E-state index in [1.165, 1.54) is 32.1 Å². The number of esters is 2. The Labute approximate surface area is 128 Å². The van der Waals surface area contributed by atoms with Crippen LogP contribution in [0, 0.1) is 11.3 Å². The zero-order valence-electron chi connectivity index (χ0n) is 11.4. The molecule has 0 aliphatic carbocycles. The van der Waals surface area contributed by atoms with E-state index in [0.717, 1.165) is 12.2 Å². The SMILES string of the molecule is C=CC#N.COC(=O)C1=C(N)CCS1.COC(=O)CS. The lowest BCUT2D eigenvalue weighted by atomic mass is 10.3. The van der Waals surface area contributed by atoms with Crippen LogP contribution >= 0.6 is 24.4 Å². The van der Waals surface area contributed by atoms with E-state index in [1.807, 2.05) is 0 Å². The first-order chi connectivity index (χ1) is 9.48. The second kappa shape index (κ2) is 13.8. The lowest BCUT2D eigenvalue weighted by molar-refractivity contribution is -0.137. The minimum absolute atomic E-state index is 0.163. The van der Waals surface area contributed by atoms with E-state index in [0.29, 0.717) is 10.6 Å². The molecule has 0 aromatic heterocycles. The summed E-state index contributed by atoms with van der Waals surface area (Å²) in [5.74, 6) is 0.464. The van der Waals surface area contributed by atoms with Crippen LogP contribution < -0.4 is 5.73 Å². The number of thioether (sulfide) groups is 1. The van der Waals surface area contributed by atoms with Gasteiger partial charge in [0.1, 0.15) is 4.91 Å². The predicted octanol–water partition coefficient (Wildman–Crippen LogP) is 1.25. The molecule has 0 fully saturated rings. The van der Waals surface area contributed by atoms with Crippen LogP contribution in [0.2, 0.25) is 0 Å². The molecule has 0 unspecified atom stereocenters. The van der Waals surface area contributed by atoms with Crippen LogP contribution in [-0.4, -0.2) is 37.7 Å². The summed E-state index contributed by atoms with van der Waals surface area (Å²) in [4.78, 5) is 21.3. The normalized spacial score (nSPS) is 11.9. The van der Waals surface area contributed by atoms with E-state index in [9.17, 15) is 9.59 Å². The van der Waals surface area contributed by atoms with Crippen molar-refractivity contribution in [3.63, 3.8) is 0 Å². The summed E-state index contributed by atoms with van der Waals surface area (Å²) in [6.45, 7) is 3.12. The molecule has 1 heterocycles. The Kier molecular flexibility index (Phi) is 14.3. The Morgan fingerprint density at radius 2 is 2.10 bits per heavy atom. The first-order valence-electron chi connectivity index (χ1n) is 5.36. The molecular weight excluding hydrogens is 300 g/mol. The standard InChI is InChI=1S/C6H9NO2S.C3H3N.C3H6O2S/c1-9-6(8)5-4(7)2-3-10-5;1-2-3-4;1-5-3(4)2-6/h2-3,7H2,1H3;2H,1H2;6H,2H2,1H3. The molecule has 1 rings (SSSR count). The molecule has 112 valence electrons. The maximum atomic E-state index is 10.8. The lowest BCUT2D eigenvalue weighted by Crippen LogP contribution is -2.06. The fourth-order valence-corrected chi connectivity index (χ4v) is 1.96. The van der Waals surface area contributed by atoms with Crippen molar-refractivity contribution >= 4 is 36.3 Å². The minimum Gasteiger partial charge on any atom is -0.468 e. The van der Waals surface area contributed by atoms with E-state index in [4.69, 9.17) is 11.0 Å². The molecular formula is C12H18N2O4S2. The Hall–Kier alpha value is -1.59. The van der Waals surface area contributed by atoms with Crippen LogP contribution in [0.15, 0.2) is 23.3 Å². The molecule has 0 aromatic rings. The van der Waals surface area contributed by atoms with Crippen molar-refractivity contribution in [3.8, 4) is 6.07 Å². The third-order valence-electron chi connectivity index (χ3n) is 1.73. The highest BCUT2D eigenvalue weighted by Gasteiger charge is 2.19. The number of carbonyl (C=O) groups excluding carboxylic acids is 2. The third-order valence-corrected chi connectivity index (χ3v) is 3.11. The largest absolute Gasteiger partial charge is 0.468 e. The van der Waals surface area contributed by atoms with Crippen molar-refractivity contribution in [3.05, 3.63) is 23.3 Å². The summed E-state index contributed by atoms with van der Waals surface area (Å²) in [7, 11) is 2.69. The first kappa shape index (κ1) is 20.7. The zero-order chi connectivity index (χ0) is 16.0.